The molecule has 4 aromatic carbocycles. The number of urea groups is 1. The van der Waals surface area contributed by atoms with Crippen LogP contribution in [0.4, 0.5) is 4.79 Å². The van der Waals surface area contributed by atoms with E-state index in [2.05, 4.69) is 35.0 Å². The molecular weight excluding hydrogens is 1140 g/mol. The summed E-state index contributed by atoms with van der Waals surface area (Å²) < 4.78 is 56.9. The number of benzene rings is 4. The number of amides is 3. The molecule has 3 amide bonds. The van der Waals surface area contributed by atoms with Crippen LogP contribution in [0.15, 0.2) is 82.6 Å². The van der Waals surface area contributed by atoms with Crippen molar-refractivity contribution in [2.75, 3.05) is 85.3 Å². The second-order valence-corrected chi connectivity index (χ2v) is 27.7. The number of rotatable bonds is 24. The van der Waals surface area contributed by atoms with Crippen molar-refractivity contribution >= 4 is 89.8 Å². The van der Waals surface area contributed by atoms with Crippen molar-refractivity contribution < 1.29 is 36.0 Å². The molecule has 4 aliphatic heterocycles. The van der Waals surface area contributed by atoms with Crippen LogP contribution in [0.2, 0.25) is 20.1 Å². The first-order valence-corrected chi connectivity index (χ1v) is 32.7. The van der Waals surface area contributed by atoms with Crippen molar-refractivity contribution in [3.8, 4) is 0 Å². The monoisotopic (exact) mass is 1210 g/mol. The molecule has 2 fully saturated rings. The zero-order valence-electron chi connectivity index (χ0n) is 45.8. The van der Waals surface area contributed by atoms with Crippen molar-refractivity contribution in [2.24, 2.45) is 11.8 Å². The number of likely N-dealkylation sites (tertiary alicyclic amines) is 2. The van der Waals surface area contributed by atoms with Gasteiger partial charge in [-0.3, -0.25) is 14.4 Å². The SMILES string of the molecule is CN1Cc2c(Cl)cc(Cl)cc2C(c2cccc(S(=O)(=O)CC(=O)C3CCCN(CCCCC(=O)CCCCCNC(=O)NCCCN4CCCC(C(=O)NS(=O)(=O)c5cccc(C6CN(C)Cc7c(Cl)cc(Cl)cc76)c5)C4)C3)c2)C1. The van der Waals surface area contributed by atoms with E-state index in [-0.39, 0.29) is 45.1 Å². The fraction of sp³-hybridized carbons (Fsp3) is 0.525. The van der Waals surface area contributed by atoms with Gasteiger partial charge in [-0.2, -0.15) is 0 Å². The largest absolute Gasteiger partial charge is 0.338 e. The van der Waals surface area contributed by atoms with Crippen LogP contribution in [0.1, 0.15) is 122 Å². The fourth-order valence-corrected chi connectivity index (χ4v) is 15.5. The Bertz CT molecular complexity index is 2910. The maximum atomic E-state index is 13.7. The smallest absolute Gasteiger partial charge is 0.314 e. The number of piperidine rings is 2. The molecule has 4 unspecified atom stereocenters. The molecule has 21 heteroatoms. The minimum Gasteiger partial charge on any atom is -0.338 e. The molecular formula is C59H75Cl4N7O8S2. The molecule has 4 aromatic rings. The van der Waals surface area contributed by atoms with Gasteiger partial charge in [0.2, 0.25) is 5.91 Å². The van der Waals surface area contributed by atoms with E-state index in [1.807, 2.05) is 38.4 Å². The van der Waals surface area contributed by atoms with E-state index < -0.39 is 37.4 Å². The van der Waals surface area contributed by atoms with Gasteiger partial charge in [-0.1, -0.05) is 77.1 Å². The van der Waals surface area contributed by atoms with E-state index >= 15 is 0 Å². The predicted molar refractivity (Wildman–Crippen MR) is 316 cm³/mol. The Morgan fingerprint density at radius 2 is 1.10 bits per heavy atom. The summed E-state index contributed by atoms with van der Waals surface area (Å²) in [7, 11) is -4.05. The van der Waals surface area contributed by atoms with Crippen molar-refractivity contribution in [3.05, 3.63) is 126 Å². The van der Waals surface area contributed by atoms with Crippen LogP contribution in [-0.4, -0.2) is 145 Å². The van der Waals surface area contributed by atoms with E-state index in [1.165, 1.54) is 6.07 Å². The van der Waals surface area contributed by atoms with Gasteiger partial charge in [0.1, 0.15) is 11.5 Å². The highest BCUT2D eigenvalue weighted by molar-refractivity contribution is 7.92. The third-order valence-electron chi connectivity index (χ3n) is 16.1. The number of sulfonamides is 1. The number of sulfone groups is 1. The quantitative estimate of drug-likeness (QED) is 0.0565. The van der Waals surface area contributed by atoms with Crippen LogP contribution in [-0.2, 0) is 47.3 Å². The molecule has 8 rings (SSSR count). The zero-order valence-corrected chi connectivity index (χ0v) is 50.5. The normalized spacial score (nSPS) is 20.4. The molecule has 2 saturated heterocycles. The molecule has 0 aromatic heterocycles. The average Bonchev–Trinajstić information content (AvgIpc) is 3.48. The summed E-state index contributed by atoms with van der Waals surface area (Å²) in [5, 5.41) is 7.98. The van der Waals surface area contributed by atoms with Crippen LogP contribution < -0.4 is 15.4 Å². The highest BCUT2D eigenvalue weighted by Gasteiger charge is 2.34. The van der Waals surface area contributed by atoms with Crippen molar-refractivity contribution in [2.45, 2.75) is 112 Å². The first-order valence-electron chi connectivity index (χ1n) is 28.1. The van der Waals surface area contributed by atoms with E-state index in [9.17, 15) is 36.0 Å². The second kappa shape index (κ2) is 28.4. The van der Waals surface area contributed by atoms with Crippen molar-refractivity contribution in [1.29, 1.82) is 0 Å². The molecule has 434 valence electrons. The number of carbonyl (C=O) groups is 4. The van der Waals surface area contributed by atoms with Gasteiger partial charge in [0.25, 0.3) is 10.0 Å². The highest BCUT2D eigenvalue weighted by atomic mass is 35.5. The van der Waals surface area contributed by atoms with Crippen LogP contribution in [0.25, 0.3) is 0 Å². The molecule has 0 radical (unpaired) electrons. The lowest BCUT2D eigenvalue weighted by atomic mass is 9.85. The molecule has 0 spiro atoms. The number of nitrogens with zero attached hydrogens (tertiary/aromatic N) is 4. The topological polar surface area (TPSA) is 186 Å². The molecule has 3 N–H and O–H groups in total. The number of hydrogen-bond donors (Lipinski definition) is 3. The Morgan fingerprint density at radius 3 is 1.70 bits per heavy atom. The van der Waals surface area contributed by atoms with Crippen LogP contribution in [0.5, 0.6) is 0 Å². The first kappa shape index (κ1) is 61.9. The van der Waals surface area contributed by atoms with Gasteiger partial charge >= 0.3 is 6.03 Å². The summed E-state index contributed by atoms with van der Waals surface area (Å²) in [6.45, 7) is 7.52. The third-order valence-corrected chi connectivity index (χ3v) is 20.2. The van der Waals surface area contributed by atoms with Crippen LogP contribution in [0, 0.1) is 11.8 Å². The second-order valence-electron chi connectivity index (χ2n) is 22.4. The number of halogens is 4. The highest BCUT2D eigenvalue weighted by Crippen LogP contribution is 2.41. The minimum atomic E-state index is -4.15. The molecule has 0 saturated carbocycles. The lowest BCUT2D eigenvalue weighted by molar-refractivity contribution is -0.125. The number of likely N-dealkylation sites (N-methyl/N-ethyl adjacent to an activating group) is 2. The average molecular weight is 1220 g/mol. The number of fused-ring (bicyclic) bond motifs is 2. The zero-order chi connectivity index (χ0) is 57.1. The first-order chi connectivity index (χ1) is 38.2. The van der Waals surface area contributed by atoms with E-state index in [1.54, 1.807) is 42.5 Å². The van der Waals surface area contributed by atoms with Crippen molar-refractivity contribution in [3.63, 3.8) is 0 Å². The lowest BCUT2D eigenvalue weighted by Crippen LogP contribution is -2.45. The number of unbranched alkanes of at least 4 members (excludes halogenated alkanes) is 3. The Balaban J connectivity index is 0.659. The van der Waals surface area contributed by atoms with Gasteiger partial charge in [-0.25, -0.2) is 26.4 Å². The van der Waals surface area contributed by atoms with Crippen molar-refractivity contribution in [1.82, 2.24) is 35.0 Å². The van der Waals surface area contributed by atoms with Crippen LogP contribution >= 0.6 is 46.4 Å². The summed E-state index contributed by atoms with van der Waals surface area (Å²) in [5.74, 6) is -2.26. The third kappa shape index (κ3) is 16.8. The Hall–Kier alpha value is -4.14. The molecule has 4 heterocycles. The Kier molecular flexibility index (Phi) is 22.0. The number of ketones is 2. The van der Waals surface area contributed by atoms with E-state index in [0.29, 0.717) is 111 Å². The summed E-state index contributed by atoms with van der Waals surface area (Å²) in [6.07, 6.45) is 8.29. The number of Topliss-reactive ketones (excluding diaryl/α,β-unsaturated/α-hetero) is 2. The van der Waals surface area contributed by atoms with E-state index in [4.69, 9.17) is 46.4 Å². The standard InChI is InChI=1S/C59H75Cl4N7O8S2/c1-67-35-51(49-29-44(60)31-55(62)53(49)37-67)40-13-8-19-47(27-40)79(75,76)39-57(72)42-15-10-24-69(33-42)23-7-5-18-46(71)17-4-3-6-21-64-59(74)65-22-12-26-70-25-11-16-43(34-70)58(73)66-80(77,78)48-20-9-14-41(28-48)52-36-68(2)38-54-50(52)30-45(61)32-56(54)63/h8-9,13-14,19-20,27-32,42-43,51-52H,3-7,10-12,15-18,21-26,33-39H2,1-2H3,(H,66,73)(H2,64,65,74). The number of hydrogen-bond acceptors (Lipinski definition) is 12. The predicted octanol–water partition coefficient (Wildman–Crippen LogP) is 9.72. The Morgan fingerprint density at radius 1 is 0.588 bits per heavy atom. The molecule has 0 bridgehead atoms. The minimum absolute atomic E-state index is 0.0167. The molecule has 4 atom stereocenters. The van der Waals surface area contributed by atoms with Gasteiger partial charge in [0, 0.05) is 103 Å². The van der Waals surface area contributed by atoms with Gasteiger partial charge in [-0.05, 0) is 180 Å². The number of carbonyl (C=O) groups excluding carboxylic acids is 4. The summed E-state index contributed by atoms with van der Waals surface area (Å²) in [4.78, 5) is 60.9. The van der Waals surface area contributed by atoms with E-state index in [0.717, 1.165) is 98.0 Å². The van der Waals surface area contributed by atoms with Gasteiger partial charge in [0.15, 0.2) is 15.6 Å². The summed E-state index contributed by atoms with van der Waals surface area (Å²) in [6, 6.07) is 20.6. The molecule has 80 heavy (non-hydrogen) atoms. The van der Waals surface area contributed by atoms with Crippen LogP contribution in [0.3, 0.4) is 0 Å². The van der Waals surface area contributed by atoms with Gasteiger partial charge in [0.05, 0.1) is 15.7 Å². The van der Waals surface area contributed by atoms with Gasteiger partial charge < -0.3 is 30.2 Å². The summed E-state index contributed by atoms with van der Waals surface area (Å²) >= 11 is 25.9. The number of nitrogens with one attached hydrogen (secondary N) is 3. The molecule has 4 aliphatic rings. The maximum absolute atomic E-state index is 13.7. The fourth-order valence-electron chi connectivity index (χ4n) is 11.9. The summed E-state index contributed by atoms with van der Waals surface area (Å²) in [5.41, 5.74) is 5.50. The molecule has 0 aliphatic carbocycles. The lowest BCUT2D eigenvalue weighted by Gasteiger charge is -2.33. The van der Waals surface area contributed by atoms with Gasteiger partial charge in [-0.15, -0.1) is 0 Å². The Labute approximate surface area is 492 Å². The maximum Gasteiger partial charge on any atom is 0.314 e. The molecule has 15 nitrogen and oxygen atoms in total.